The molecule has 0 bridgehead atoms. The summed E-state index contributed by atoms with van der Waals surface area (Å²) in [4.78, 5) is 0. The Kier molecular flexibility index (Phi) is 2.54. The smallest absolute Gasteiger partial charge is 0.123 e. The van der Waals surface area contributed by atoms with Gasteiger partial charge in [-0.2, -0.15) is 11.8 Å². The van der Waals surface area contributed by atoms with Crippen molar-refractivity contribution in [1.29, 1.82) is 0 Å². The van der Waals surface area contributed by atoms with Gasteiger partial charge in [-0.3, -0.25) is 0 Å². The molecule has 0 saturated carbocycles. The van der Waals surface area contributed by atoms with E-state index in [0.29, 0.717) is 0 Å². The first kappa shape index (κ1) is 9.99. The van der Waals surface area contributed by atoms with Gasteiger partial charge >= 0.3 is 0 Å². The van der Waals surface area contributed by atoms with E-state index in [1.807, 2.05) is 6.92 Å². The Morgan fingerprint density at radius 1 is 1.43 bits per heavy atom. The van der Waals surface area contributed by atoms with Crippen molar-refractivity contribution in [2.24, 2.45) is 0 Å². The van der Waals surface area contributed by atoms with Gasteiger partial charge in [-0.25, -0.2) is 4.39 Å². The molecule has 3 heteroatoms. The van der Waals surface area contributed by atoms with E-state index in [1.165, 1.54) is 12.1 Å². The van der Waals surface area contributed by atoms with Gasteiger partial charge in [-0.15, -0.1) is 0 Å². The molecule has 1 aromatic rings. The van der Waals surface area contributed by atoms with E-state index in [0.717, 1.165) is 17.7 Å². The standard InChI is InChI=1S/C11H13FOS/c1-8-11(13,6-7-14-8)9-2-4-10(12)5-3-9/h2-5,8,13H,6-7H2,1H3/t8-,11+/m0/s1. The average Bonchev–Trinajstić information content (AvgIpc) is 2.49. The topological polar surface area (TPSA) is 20.2 Å². The third-order valence-electron chi connectivity index (χ3n) is 2.87. The molecule has 0 radical (unpaired) electrons. The second-order valence-electron chi connectivity index (χ2n) is 3.69. The van der Waals surface area contributed by atoms with Crippen LogP contribution >= 0.6 is 11.8 Å². The monoisotopic (exact) mass is 212 g/mol. The molecule has 1 N–H and O–H groups in total. The van der Waals surface area contributed by atoms with E-state index in [4.69, 9.17) is 0 Å². The molecule has 1 nitrogen and oxygen atoms in total. The summed E-state index contributed by atoms with van der Waals surface area (Å²) in [6, 6.07) is 6.17. The lowest BCUT2D eigenvalue weighted by atomic mass is 9.89. The molecule has 2 rings (SSSR count). The van der Waals surface area contributed by atoms with Crippen molar-refractivity contribution < 1.29 is 9.50 Å². The Bertz CT molecular complexity index is 325. The third-order valence-corrected chi connectivity index (χ3v) is 4.20. The number of rotatable bonds is 1. The molecule has 14 heavy (non-hydrogen) atoms. The van der Waals surface area contributed by atoms with Crippen molar-refractivity contribution >= 4 is 11.8 Å². The molecule has 0 aromatic heterocycles. The lowest BCUT2D eigenvalue weighted by Crippen LogP contribution is -2.31. The first-order valence-corrected chi connectivity index (χ1v) is 5.78. The van der Waals surface area contributed by atoms with E-state index >= 15 is 0 Å². The molecule has 0 spiro atoms. The predicted octanol–water partition coefficient (Wildman–Crippen LogP) is 2.54. The summed E-state index contributed by atoms with van der Waals surface area (Å²) in [6.07, 6.45) is 0.754. The lowest BCUT2D eigenvalue weighted by Gasteiger charge is -2.27. The normalized spacial score (nSPS) is 32.1. The van der Waals surface area contributed by atoms with Crippen molar-refractivity contribution in [3.63, 3.8) is 0 Å². The van der Waals surface area contributed by atoms with E-state index in [-0.39, 0.29) is 11.1 Å². The van der Waals surface area contributed by atoms with Gasteiger partial charge in [0.2, 0.25) is 0 Å². The van der Waals surface area contributed by atoms with Crippen LogP contribution in [0.25, 0.3) is 0 Å². The molecule has 1 fully saturated rings. The molecule has 0 amide bonds. The minimum atomic E-state index is -0.766. The number of aliphatic hydroxyl groups is 1. The largest absolute Gasteiger partial charge is 0.384 e. The molecule has 76 valence electrons. The van der Waals surface area contributed by atoms with Gasteiger partial charge in [0.15, 0.2) is 0 Å². The van der Waals surface area contributed by atoms with Crippen LogP contribution in [0.1, 0.15) is 18.9 Å². The second-order valence-corrected chi connectivity index (χ2v) is 5.14. The van der Waals surface area contributed by atoms with Crippen molar-refractivity contribution in [1.82, 2.24) is 0 Å². The first-order chi connectivity index (χ1) is 6.63. The molecule has 0 aliphatic carbocycles. The fraction of sp³-hybridized carbons (Fsp3) is 0.455. The molecule has 0 unspecified atom stereocenters. The van der Waals surface area contributed by atoms with Crippen molar-refractivity contribution in [3.05, 3.63) is 35.6 Å². The Morgan fingerprint density at radius 2 is 2.07 bits per heavy atom. The van der Waals surface area contributed by atoms with Crippen LogP contribution < -0.4 is 0 Å². The fourth-order valence-corrected chi connectivity index (χ4v) is 3.16. The highest BCUT2D eigenvalue weighted by Crippen LogP contribution is 2.42. The van der Waals surface area contributed by atoms with Gasteiger partial charge in [0, 0.05) is 5.25 Å². The molecule has 1 aromatic carbocycles. The highest BCUT2D eigenvalue weighted by Gasteiger charge is 2.40. The molecule has 1 heterocycles. The predicted molar refractivity (Wildman–Crippen MR) is 56.8 cm³/mol. The molecule has 1 aliphatic rings. The maximum Gasteiger partial charge on any atom is 0.123 e. The van der Waals surface area contributed by atoms with Crippen LogP contribution in [0.5, 0.6) is 0 Å². The highest BCUT2D eigenvalue weighted by atomic mass is 32.2. The van der Waals surface area contributed by atoms with Crippen LogP contribution in [0, 0.1) is 5.82 Å². The molecule has 2 atom stereocenters. The Hall–Kier alpha value is -0.540. The van der Waals surface area contributed by atoms with Crippen LogP contribution in [0.15, 0.2) is 24.3 Å². The van der Waals surface area contributed by atoms with E-state index < -0.39 is 5.60 Å². The summed E-state index contributed by atoms with van der Waals surface area (Å²) < 4.78 is 12.7. The minimum absolute atomic E-state index is 0.188. The van der Waals surface area contributed by atoms with Gasteiger partial charge in [0.25, 0.3) is 0 Å². The van der Waals surface area contributed by atoms with Crippen LogP contribution in [-0.4, -0.2) is 16.1 Å². The molecule has 1 saturated heterocycles. The van der Waals surface area contributed by atoms with Crippen LogP contribution in [0.4, 0.5) is 4.39 Å². The summed E-state index contributed by atoms with van der Waals surface area (Å²) in [6.45, 7) is 2.01. The zero-order valence-electron chi connectivity index (χ0n) is 8.03. The van der Waals surface area contributed by atoms with Crippen LogP contribution in [0.3, 0.4) is 0 Å². The SMILES string of the molecule is C[C@@H]1SCC[C@]1(O)c1ccc(F)cc1. The van der Waals surface area contributed by atoms with Gasteiger partial charge in [-0.1, -0.05) is 19.1 Å². The summed E-state index contributed by atoms with van der Waals surface area (Å²) in [5.74, 6) is 0.713. The summed E-state index contributed by atoms with van der Waals surface area (Å²) in [7, 11) is 0. The Labute approximate surface area is 87.3 Å². The second kappa shape index (κ2) is 3.55. The van der Waals surface area contributed by atoms with E-state index in [9.17, 15) is 9.50 Å². The summed E-state index contributed by atoms with van der Waals surface area (Å²) in [5, 5.41) is 10.6. The lowest BCUT2D eigenvalue weighted by molar-refractivity contribution is 0.0426. The Morgan fingerprint density at radius 3 is 2.57 bits per heavy atom. The summed E-state index contributed by atoms with van der Waals surface area (Å²) >= 11 is 1.76. The van der Waals surface area contributed by atoms with Gasteiger partial charge in [-0.05, 0) is 29.9 Å². The maximum absolute atomic E-state index is 12.7. The van der Waals surface area contributed by atoms with Gasteiger partial charge < -0.3 is 5.11 Å². The minimum Gasteiger partial charge on any atom is -0.384 e. The zero-order chi connectivity index (χ0) is 10.2. The summed E-state index contributed by atoms with van der Waals surface area (Å²) in [5.41, 5.74) is 0.0645. The number of halogens is 1. The molecule has 1 aliphatic heterocycles. The van der Waals surface area contributed by atoms with E-state index in [1.54, 1.807) is 23.9 Å². The molecular weight excluding hydrogens is 199 g/mol. The highest BCUT2D eigenvalue weighted by molar-refractivity contribution is 8.00. The molecular formula is C11H13FOS. The van der Waals surface area contributed by atoms with Crippen molar-refractivity contribution in [2.75, 3.05) is 5.75 Å². The van der Waals surface area contributed by atoms with Crippen LogP contribution in [-0.2, 0) is 5.60 Å². The number of hydrogen-bond acceptors (Lipinski definition) is 2. The van der Waals surface area contributed by atoms with Crippen molar-refractivity contribution in [3.8, 4) is 0 Å². The van der Waals surface area contributed by atoms with Gasteiger partial charge in [0.1, 0.15) is 11.4 Å². The maximum atomic E-state index is 12.7. The fourth-order valence-electron chi connectivity index (χ4n) is 1.85. The quantitative estimate of drug-likeness (QED) is 0.772. The third kappa shape index (κ3) is 1.55. The van der Waals surface area contributed by atoms with E-state index in [2.05, 4.69) is 0 Å². The van der Waals surface area contributed by atoms with Crippen molar-refractivity contribution in [2.45, 2.75) is 24.2 Å². The number of thioether (sulfide) groups is 1. The zero-order valence-corrected chi connectivity index (χ0v) is 8.85. The number of benzene rings is 1. The number of hydrogen-bond donors (Lipinski definition) is 1. The first-order valence-electron chi connectivity index (χ1n) is 4.73. The Balaban J connectivity index is 2.34. The average molecular weight is 212 g/mol. The van der Waals surface area contributed by atoms with Crippen LogP contribution in [0.2, 0.25) is 0 Å². The van der Waals surface area contributed by atoms with Gasteiger partial charge in [0.05, 0.1) is 0 Å².